The highest BCUT2D eigenvalue weighted by Crippen LogP contribution is 2.24. The first-order valence-electron chi connectivity index (χ1n) is 8.40. The molecule has 1 aromatic rings. The largest absolute Gasteiger partial charge is 0.494 e. The third-order valence-electron chi connectivity index (χ3n) is 3.69. The smallest absolute Gasteiger partial charge is 0.315 e. The van der Waals surface area contributed by atoms with Gasteiger partial charge in [0, 0.05) is 25.2 Å². The number of ether oxygens (including phenoxy) is 2. The van der Waals surface area contributed by atoms with Gasteiger partial charge in [-0.2, -0.15) is 0 Å². The Morgan fingerprint density at radius 1 is 1.32 bits per heavy atom. The number of hydrogen-bond donors (Lipinski definition) is 3. The van der Waals surface area contributed by atoms with Gasteiger partial charge in [0.15, 0.2) is 0 Å². The molecule has 1 aromatic carbocycles. The number of nitrogens with zero attached hydrogens (tertiary/aromatic N) is 1. The van der Waals surface area contributed by atoms with E-state index in [0.717, 1.165) is 11.4 Å². The molecule has 25 heavy (non-hydrogen) atoms. The van der Waals surface area contributed by atoms with Crippen LogP contribution in [0.5, 0.6) is 5.75 Å². The highest BCUT2D eigenvalue weighted by atomic mass is 16.5. The fourth-order valence-corrected chi connectivity index (χ4v) is 2.58. The van der Waals surface area contributed by atoms with E-state index in [9.17, 15) is 9.59 Å². The molecule has 1 aliphatic rings. The molecule has 0 spiro atoms. The summed E-state index contributed by atoms with van der Waals surface area (Å²) in [5, 5.41) is 14.0. The van der Waals surface area contributed by atoms with Crippen LogP contribution < -0.4 is 20.3 Å². The molecule has 1 heterocycles. The van der Waals surface area contributed by atoms with Gasteiger partial charge in [-0.15, -0.1) is 0 Å². The second-order valence-corrected chi connectivity index (χ2v) is 5.57. The van der Waals surface area contributed by atoms with Gasteiger partial charge in [-0.05, 0) is 31.2 Å². The molecule has 0 bridgehead atoms. The van der Waals surface area contributed by atoms with Crippen molar-refractivity contribution >= 4 is 17.6 Å². The zero-order valence-corrected chi connectivity index (χ0v) is 14.4. The topological polar surface area (TPSA) is 100 Å². The van der Waals surface area contributed by atoms with E-state index in [1.165, 1.54) is 0 Å². The molecule has 2 rings (SSSR count). The Kier molecular flexibility index (Phi) is 7.49. The molecule has 8 heteroatoms. The van der Waals surface area contributed by atoms with Gasteiger partial charge in [0.2, 0.25) is 5.91 Å². The Hall–Kier alpha value is -2.32. The van der Waals surface area contributed by atoms with Gasteiger partial charge in [0.05, 0.1) is 32.5 Å². The van der Waals surface area contributed by atoms with E-state index in [1.54, 1.807) is 4.90 Å². The summed E-state index contributed by atoms with van der Waals surface area (Å²) in [6, 6.07) is 6.75. The average molecular weight is 351 g/mol. The standard InChI is InChI=1S/C17H25N3O5/c1-2-25-15-5-3-14(4-6-15)20-12-13(11-16(20)22)19-17(23)18-7-9-24-10-8-21/h3-6,13,21H,2,7-12H2,1H3,(H2,18,19,23). The van der Waals surface area contributed by atoms with E-state index in [1.807, 2.05) is 31.2 Å². The van der Waals surface area contributed by atoms with Gasteiger partial charge in [0.25, 0.3) is 0 Å². The maximum absolute atomic E-state index is 12.2. The predicted octanol–water partition coefficient (Wildman–Crippen LogP) is 0.499. The fraction of sp³-hybridized carbons (Fsp3) is 0.529. The average Bonchev–Trinajstić information content (AvgIpc) is 2.96. The first kappa shape index (κ1) is 19.0. The van der Waals surface area contributed by atoms with Gasteiger partial charge in [-0.3, -0.25) is 4.79 Å². The lowest BCUT2D eigenvalue weighted by molar-refractivity contribution is -0.117. The highest BCUT2D eigenvalue weighted by molar-refractivity contribution is 5.96. The zero-order valence-electron chi connectivity index (χ0n) is 14.4. The molecule has 1 fully saturated rings. The van der Waals surface area contributed by atoms with Crippen LogP contribution in [0.2, 0.25) is 0 Å². The van der Waals surface area contributed by atoms with Crippen LogP contribution in [0.25, 0.3) is 0 Å². The molecule has 8 nitrogen and oxygen atoms in total. The molecule has 1 unspecified atom stereocenters. The van der Waals surface area contributed by atoms with E-state index < -0.39 is 0 Å². The minimum Gasteiger partial charge on any atom is -0.494 e. The van der Waals surface area contributed by atoms with E-state index in [4.69, 9.17) is 14.6 Å². The Morgan fingerprint density at radius 3 is 2.76 bits per heavy atom. The van der Waals surface area contributed by atoms with Crippen LogP contribution in [0, 0.1) is 0 Å². The molecule has 0 aromatic heterocycles. The molecule has 3 amide bonds. The number of hydrogen-bond acceptors (Lipinski definition) is 5. The molecule has 0 aliphatic carbocycles. The van der Waals surface area contributed by atoms with E-state index in [0.29, 0.717) is 26.3 Å². The summed E-state index contributed by atoms with van der Waals surface area (Å²) >= 11 is 0. The van der Waals surface area contributed by atoms with Crippen molar-refractivity contribution in [2.24, 2.45) is 0 Å². The molecule has 3 N–H and O–H groups in total. The number of urea groups is 1. The Balaban J connectivity index is 1.78. The molecule has 1 aliphatic heterocycles. The van der Waals surface area contributed by atoms with Crippen molar-refractivity contribution in [2.45, 2.75) is 19.4 Å². The number of rotatable bonds is 9. The highest BCUT2D eigenvalue weighted by Gasteiger charge is 2.31. The van der Waals surface area contributed by atoms with E-state index >= 15 is 0 Å². The SMILES string of the molecule is CCOc1ccc(N2CC(NC(=O)NCCOCCO)CC2=O)cc1. The van der Waals surface area contributed by atoms with Gasteiger partial charge < -0.3 is 30.1 Å². The molecule has 138 valence electrons. The lowest BCUT2D eigenvalue weighted by Crippen LogP contribution is -2.44. The number of anilines is 1. The number of aliphatic hydroxyl groups excluding tert-OH is 1. The monoisotopic (exact) mass is 351 g/mol. The number of benzene rings is 1. The predicted molar refractivity (Wildman–Crippen MR) is 92.8 cm³/mol. The summed E-state index contributed by atoms with van der Waals surface area (Å²) in [5.41, 5.74) is 0.788. The molecule has 1 saturated heterocycles. The second-order valence-electron chi connectivity index (χ2n) is 5.57. The van der Waals surface area contributed by atoms with Gasteiger partial charge in [-0.1, -0.05) is 0 Å². The lowest BCUT2D eigenvalue weighted by Gasteiger charge is -2.18. The molecular formula is C17H25N3O5. The first-order chi connectivity index (χ1) is 12.1. The van der Waals surface area contributed by atoms with Crippen molar-refractivity contribution in [1.29, 1.82) is 0 Å². The van der Waals surface area contributed by atoms with Crippen LogP contribution in [0.3, 0.4) is 0 Å². The summed E-state index contributed by atoms with van der Waals surface area (Å²) in [6.45, 7) is 3.81. The molecular weight excluding hydrogens is 326 g/mol. The van der Waals surface area contributed by atoms with Crippen LogP contribution >= 0.6 is 0 Å². The zero-order chi connectivity index (χ0) is 18.1. The molecule has 0 saturated carbocycles. The van der Waals surface area contributed by atoms with Crippen LogP contribution in [-0.2, 0) is 9.53 Å². The lowest BCUT2D eigenvalue weighted by atomic mass is 10.2. The van der Waals surface area contributed by atoms with Gasteiger partial charge >= 0.3 is 6.03 Å². The summed E-state index contributed by atoms with van der Waals surface area (Å²) in [4.78, 5) is 25.7. The van der Waals surface area contributed by atoms with Crippen molar-refractivity contribution in [3.8, 4) is 5.75 Å². The number of aliphatic hydroxyl groups is 1. The van der Waals surface area contributed by atoms with E-state index in [2.05, 4.69) is 10.6 Å². The summed E-state index contributed by atoms with van der Waals surface area (Å²) < 4.78 is 10.5. The van der Waals surface area contributed by atoms with Crippen LogP contribution in [0.1, 0.15) is 13.3 Å². The van der Waals surface area contributed by atoms with Crippen LogP contribution in [0.4, 0.5) is 10.5 Å². The first-order valence-corrected chi connectivity index (χ1v) is 8.40. The number of carbonyl (C=O) groups is 2. The van der Waals surface area contributed by atoms with Crippen LogP contribution in [0.15, 0.2) is 24.3 Å². The van der Waals surface area contributed by atoms with Crippen LogP contribution in [-0.4, -0.2) is 62.6 Å². The third kappa shape index (κ3) is 5.91. The Labute approximate surface area is 147 Å². The van der Waals surface area contributed by atoms with Crippen molar-refractivity contribution < 1.29 is 24.2 Å². The summed E-state index contributed by atoms with van der Waals surface area (Å²) in [5.74, 6) is 0.733. The van der Waals surface area contributed by atoms with Crippen molar-refractivity contribution in [3.05, 3.63) is 24.3 Å². The number of amides is 3. The Bertz CT molecular complexity index is 564. The normalized spacial score (nSPS) is 16.8. The third-order valence-corrected chi connectivity index (χ3v) is 3.69. The fourth-order valence-electron chi connectivity index (χ4n) is 2.58. The Morgan fingerprint density at radius 2 is 2.08 bits per heavy atom. The number of carbonyl (C=O) groups excluding carboxylic acids is 2. The summed E-state index contributed by atoms with van der Waals surface area (Å²) in [7, 11) is 0. The van der Waals surface area contributed by atoms with Crippen molar-refractivity contribution in [2.75, 3.05) is 44.4 Å². The van der Waals surface area contributed by atoms with Crippen molar-refractivity contribution in [1.82, 2.24) is 10.6 Å². The van der Waals surface area contributed by atoms with Gasteiger partial charge in [0.1, 0.15) is 5.75 Å². The maximum atomic E-state index is 12.2. The van der Waals surface area contributed by atoms with E-state index in [-0.39, 0.29) is 37.6 Å². The second kappa shape index (κ2) is 9.85. The molecule has 0 radical (unpaired) electrons. The quantitative estimate of drug-likeness (QED) is 0.563. The minimum absolute atomic E-state index is 0.0271. The van der Waals surface area contributed by atoms with Crippen molar-refractivity contribution in [3.63, 3.8) is 0 Å². The summed E-state index contributed by atoms with van der Waals surface area (Å²) in [6.07, 6.45) is 0.266. The number of nitrogens with one attached hydrogen (secondary N) is 2. The van der Waals surface area contributed by atoms with Gasteiger partial charge in [-0.25, -0.2) is 4.79 Å². The maximum Gasteiger partial charge on any atom is 0.315 e. The minimum atomic E-state index is -0.334. The molecule has 1 atom stereocenters.